The number of H-pyrrole nitrogens is 2. The summed E-state index contributed by atoms with van der Waals surface area (Å²) >= 11 is 0. The van der Waals surface area contributed by atoms with Gasteiger partial charge in [0.25, 0.3) is 0 Å². The summed E-state index contributed by atoms with van der Waals surface area (Å²) in [5.74, 6) is 1.30. The van der Waals surface area contributed by atoms with Gasteiger partial charge in [-0.15, -0.1) is 0 Å². The SMILES string of the molecule is C=C(Oc1cc2ccccc2[nH]1)c1cccc(-c2cc3ccccc3[nH]2)c1. The topological polar surface area (TPSA) is 40.8 Å². The van der Waals surface area contributed by atoms with E-state index in [9.17, 15) is 0 Å². The Bertz CT molecular complexity index is 1210. The van der Waals surface area contributed by atoms with Gasteiger partial charge < -0.3 is 14.7 Å². The number of para-hydroxylation sites is 2. The molecular formula is C24H18N2O. The molecule has 130 valence electrons. The molecule has 0 aliphatic carbocycles. The fraction of sp³-hybridized carbons (Fsp3) is 0. The summed E-state index contributed by atoms with van der Waals surface area (Å²) in [5.41, 5.74) is 5.31. The van der Waals surface area contributed by atoms with Crippen molar-refractivity contribution < 1.29 is 4.74 Å². The minimum atomic E-state index is 0.611. The molecule has 2 heterocycles. The van der Waals surface area contributed by atoms with E-state index in [4.69, 9.17) is 4.74 Å². The number of benzene rings is 3. The van der Waals surface area contributed by atoms with Gasteiger partial charge in [0.05, 0.1) is 0 Å². The lowest BCUT2D eigenvalue weighted by molar-refractivity contribution is 0.500. The predicted molar refractivity (Wildman–Crippen MR) is 112 cm³/mol. The van der Waals surface area contributed by atoms with E-state index in [0.29, 0.717) is 11.6 Å². The first kappa shape index (κ1) is 15.5. The van der Waals surface area contributed by atoms with Crippen LogP contribution in [-0.4, -0.2) is 9.97 Å². The van der Waals surface area contributed by atoms with Crippen LogP contribution in [-0.2, 0) is 0 Å². The van der Waals surface area contributed by atoms with Gasteiger partial charge in [-0.3, -0.25) is 0 Å². The maximum Gasteiger partial charge on any atom is 0.198 e. The Morgan fingerprint density at radius 2 is 1.41 bits per heavy atom. The molecule has 0 saturated heterocycles. The number of fused-ring (bicyclic) bond motifs is 2. The summed E-state index contributed by atoms with van der Waals surface area (Å²) in [6.45, 7) is 4.12. The highest BCUT2D eigenvalue weighted by molar-refractivity contribution is 5.86. The number of hydrogen-bond acceptors (Lipinski definition) is 1. The molecule has 0 fully saturated rings. The lowest BCUT2D eigenvalue weighted by Crippen LogP contribution is -1.94. The second-order valence-corrected chi connectivity index (χ2v) is 6.60. The average molecular weight is 350 g/mol. The monoisotopic (exact) mass is 350 g/mol. The maximum atomic E-state index is 5.97. The summed E-state index contributed by atoms with van der Waals surface area (Å²) in [6.07, 6.45) is 0. The highest BCUT2D eigenvalue weighted by Crippen LogP contribution is 2.28. The first-order valence-electron chi connectivity index (χ1n) is 8.89. The highest BCUT2D eigenvalue weighted by Gasteiger charge is 2.08. The van der Waals surface area contributed by atoms with Gasteiger partial charge in [0.1, 0.15) is 5.76 Å². The van der Waals surface area contributed by atoms with Gasteiger partial charge in [-0.25, -0.2) is 0 Å². The van der Waals surface area contributed by atoms with Crippen LogP contribution in [0.3, 0.4) is 0 Å². The van der Waals surface area contributed by atoms with Crippen molar-refractivity contribution >= 4 is 27.6 Å². The van der Waals surface area contributed by atoms with Gasteiger partial charge in [0, 0.05) is 39.1 Å². The summed E-state index contributed by atoms with van der Waals surface area (Å²) in [7, 11) is 0. The summed E-state index contributed by atoms with van der Waals surface area (Å²) in [4.78, 5) is 6.74. The molecule has 2 aromatic heterocycles. The van der Waals surface area contributed by atoms with Crippen molar-refractivity contribution in [1.82, 2.24) is 9.97 Å². The third-order valence-electron chi connectivity index (χ3n) is 4.76. The van der Waals surface area contributed by atoms with Crippen LogP contribution in [0.15, 0.2) is 91.5 Å². The molecule has 3 aromatic carbocycles. The van der Waals surface area contributed by atoms with E-state index in [0.717, 1.165) is 33.2 Å². The average Bonchev–Trinajstić information content (AvgIpc) is 3.31. The van der Waals surface area contributed by atoms with Crippen LogP contribution in [0.5, 0.6) is 5.88 Å². The van der Waals surface area contributed by atoms with Crippen molar-refractivity contribution in [1.29, 1.82) is 0 Å². The summed E-state index contributed by atoms with van der Waals surface area (Å²) in [5, 5.41) is 2.32. The predicted octanol–water partition coefficient (Wildman–Crippen LogP) is 6.37. The van der Waals surface area contributed by atoms with Crippen LogP contribution in [0, 0.1) is 0 Å². The van der Waals surface area contributed by atoms with Crippen molar-refractivity contribution in [2.24, 2.45) is 0 Å². The molecule has 0 unspecified atom stereocenters. The molecule has 2 N–H and O–H groups in total. The van der Waals surface area contributed by atoms with E-state index in [-0.39, 0.29) is 0 Å². The third-order valence-corrected chi connectivity index (χ3v) is 4.76. The van der Waals surface area contributed by atoms with Gasteiger partial charge in [-0.2, -0.15) is 0 Å². The van der Waals surface area contributed by atoms with E-state index in [1.165, 1.54) is 5.39 Å². The van der Waals surface area contributed by atoms with Crippen LogP contribution >= 0.6 is 0 Å². The molecule has 5 aromatic rings. The van der Waals surface area contributed by atoms with E-state index in [2.05, 4.69) is 52.9 Å². The fourth-order valence-corrected chi connectivity index (χ4v) is 3.38. The molecule has 3 heteroatoms. The molecule has 0 saturated carbocycles. The van der Waals surface area contributed by atoms with Crippen LogP contribution in [0.2, 0.25) is 0 Å². The molecule has 0 spiro atoms. The molecule has 0 bridgehead atoms. The first-order valence-corrected chi connectivity index (χ1v) is 8.89. The van der Waals surface area contributed by atoms with Gasteiger partial charge in [-0.1, -0.05) is 61.2 Å². The quantitative estimate of drug-likeness (QED) is 0.363. The normalized spacial score (nSPS) is 11.1. The van der Waals surface area contributed by atoms with Crippen molar-refractivity contribution in [3.8, 4) is 17.1 Å². The number of hydrogen-bond donors (Lipinski definition) is 2. The van der Waals surface area contributed by atoms with Crippen molar-refractivity contribution in [2.45, 2.75) is 0 Å². The van der Waals surface area contributed by atoms with Crippen LogP contribution in [0.4, 0.5) is 0 Å². The zero-order valence-corrected chi connectivity index (χ0v) is 14.7. The zero-order valence-electron chi connectivity index (χ0n) is 14.7. The van der Waals surface area contributed by atoms with Gasteiger partial charge in [0.15, 0.2) is 5.88 Å². The van der Waals surface area contributed by atoms with Gasteiger partial charge in [0.2, 0.25) is 0 Å². The lowest BCUT2D eigenvalue weighted by Gasteiger charge is -2.08. The molecule has 0 aliphatic rings. The summed E-state index contributed by atoms with van der Waals surface area (Å²) in [6, 6.07) is 28.7. The lowest BCUT2D eigenvalue weighted by atomic mass is 10.1. The number of ether oxygens (including phenoxy) is 1. The molecule has 0 amide bonds. The minimum Gasteiger partial charge on any atom is -0.441 e. The van der Waals surface area contributed by atoms with Crippen LogP contribution in [0.1, 0.15) is 5.56 Å². The third kappa shape index (κ3) is 2.89. The number of rotatable bonds is 4. The van der Waals surface area contributed by atoms with Crippen molar-refractivity contribution in [3.05, 3.63) is 97.1 Å². The summed E-state index contributed by atoms with van der Waals surface area (Å²) < 4.78 is 5.97. The molecule has 0 atom stereocenters. The van der Waals surface area contributed by atoms with E-state index >= 15 is 0 Å². The van der Waals surface area contributed by atoms with E-state index in [1.54, 1.807) is 0 Å². The molecule has 5 rings (SSSR count). The van der Waals surface area contributed by atoms with Crippen molar-refractivity contribution in [3.63, 3.8) is 0 Å². The Kier molecular flexibility index (Phi) is 3.58. The minimum absolute atomic E-state index is 0.611. The van der Waals surface area contributed by atoms with E-state index < -0.39 is 0 Å². The Morgan fingerprint density at radius 3 is 2.15 bits per heavy atom. The largest absolute Gasteiger partial charge is 0.441 e. The Hall–Kier alpha value is -3.72. The second-order valence-electron chi connectivity index (χ2n) is 6.60. The first-order chi connectivity index (χ1) is 13.3. The molecule has 3 nitrogen and oxygen atoms in total. The van der Waals surface area contributed by atoms with Crippen molar-refractivity contribution in [2.75, 3.05) is 0 Å². The van der Waals surface area contributed by atoms with Gasteiger partial charge in [-0.05, 0) is 29.8 Å². The highest BCUT2D eigenvalue weighted by atomic mass is 16.5. The second kappa shape index (κ2) is 6.22. The number of aromatic amines is 2. The smallest absolute Gasteiger partial charge is 0.198 e. The zero-order chi connectivity index (χ0) is 18.2. The molecule has 0 radical (unpaired) electrons. The Balaban J connectivity index is 1.44. The molecule has 27 heavy (non-hydrogen) atoms. The fourth-order valence-electron chi connectivity index (χ4n) is 3.38. The Morgan fingerprint density at radius 1 is 0.704 bits per heavy atom. The van der Waals surface area contributed by atoms with Gasteiger partial charge >= 0.3 is 0 Å². The van der Waals surface area contributed by atoms with E-state index in [1.807, 2.05) is 48.5 Å². The standard InChI is InChI=1S/C24H18N2O/c1-16(27-24-15-20-8-3-5-12-22(20)26-24)17-9-6-10-18(13-17)23-14-19-7-2-4-11-21(19)25-23/h2-15,25-26H,1H2. The maximum absolute atomic E-state index is 5.97. The number of aromatic nitrogens is 2. The molecule has 0 aliphatic heterocycles. The number of nitrogens with one attached hydrogen (secondary N) is 2. The van der Waals surface area contributed by atoms with Crippen LogP contribution < -0.4 is 4.74 Å². The molecular weight excluding hydrogens is 332 g/mol. The Labute approximate surface area is 156 Å². The van der Waals surface area contributed by atoms with Crippen LogP contribution in [0.25, 0.3) is 38.8 Å².